The van der Waals surface area contributed by atoms with Crippen LogP contribution in [0.4, 0.5) is 0 Å². The second-order valence-corrected chi connectivity index (χ2v) is 4.34. The summed E-state index contributed by atoms with van der Waals surface area (Å²) in [5, 5.41) is 3.09. The van der Waals surface area contributed by atoms with Crippen LogP contribution in [-0.2, 0) is 0 Å². The summed E-state index contributed by atoms with van der Waals surface area (Å²) >= 11 is 3.38. The van der Waals surface area contributed by atoms with Crippen molar-refractivity contribution in [2.45, 2.75) is 5.03 Å². The summed E-state index contributed by atoms with van der Waals surface area (Å²) in [5.74, 6) is 0.893. The minimum atomic E-state index is 0.893. The summed E-state index contributed by atoms with van der Waals surface area (Å²) < 4.78 is 1.18. The second kappa shape index (κ2) is 3.89. The van der Waals surface area contributed by atoms with Crippen LogP contribution in [0, 0.1) is 0 Å². The third-order valence-electron chi connectivity index (χ3n) is 1.55. The highest BCUT2D eigenvalue weighted by molar-refractivity contribution is 7.99. The summed E-state index contributed by atoms with van der Waals surface area (Å²) in [7, 11) is 0. The van der Waals surface area contributed by atoms with Crippen LogP contribution in [0.2, 0.25) is 0 Å². The fraction of sp³-hybridized carbons (Fsp3) is 0.111. The molecule has 2 rings (SSSR count). The molecule has 0 aliphatic heterocycles. The molecule has 0 radical (unpaired) electrons. The Balaban J connectivity index is 2.42. The number of thiophene rings is 1. The Kier molecular flexibility index (Phi) is 2.61. The van der Waals surface area contributed by atoms with Gasteiger partial charge < -0.3 is 0 Å². The number of thioether (sulfide) groups is 1. The molecule has 4 heteroatoms. The van der Waals surface area contributed by atoms with Gasteiger partial charge in [-0.1, -0.05) is 6.08 Å². The van der Waals surface area contributed by atoms with E-state index >= 15 is 0 Å². The maximum atomic E-state index is 4.23. The lowest BCUT2D eigenvalue weighted by Crippen LogP contribution is -1.82. The number of hydrogen-bond acceptors (Lipinski definition) is 4. The van der Waals surface area contributed by atoms with Crippen LogP contribution in [0.5, 0.6) is 0 Å². The molecule has 2 nitrogen and oxygen atoms in total. The first-order chi connectivity index (χ1) is 6.42. The Labute approximate surface area is 84.7 Å². The van der Waals surface area contributed by atoms with Crippen molar-refractivity contribution >= 4 is 33.3 Å². The summed E-state index contributed by atoms with van der Waals surface area (Å²) in [6, 6.07) is 2.01. The zero-order valence-electron chi connectivity index (χ0n) is 6.93. The Morgan fingerprint density at radius 1 is 1.54 bits per heavy atom. The lowest BCUT2D eigenvalue weighted by molar-refractivity contribution is 1.11. The van der Waals surface area contributed by atoms with Crippen molar-refractivity contribution < 1.29 is 0 Å². The number of aromatic nitrogens is 2. The summed E-state index contributed by atoms with van der Waals surface area (Å²) in [5.41, 5.74) is 1.03. The highest BCUT2D eigenvalue weighted by Crippen LogP contribution is 2.28. The maximum absolute atomic E-state index is 4.23. The minimum Gasteiger partial charge on any atom is -0.235 e. The molecule has 2 aromatic heterocycles. The minimum absolute atomic E-state index is 0.893. The van der Waals surface area contributed by atoms with Crippen LogP contribution in [0.3, 0.4) is 0 Å². The van der Waals surface area contributed by atoms with E-state index in [0.29, 0.717) is 0 Å². The maximum Gasteiger partial charge on any atom is 0.118 e. The predicted molar refractivity (Wildman–Crippen MR) is 58.3 cm³/mol. The van der Waals surface area contributed by atoms with Gasteiger partial charge in [-0.25, -0.2) is 9.97 Å². The monoisotopic (exact) mass is 208 g/mol. The van der Waals surface area contributed by atoms with Gasteiger partial charge in [0.1, 0.15) is 11.4 Å². The van der Waals surface area contributed by atoms with E-state index in [1.54, 1.807) is 29.4 Å². The van der Waals surface area contributed by atoms with Gasteiger partial charge >= 0.3 is 0 Å². The first-order valence-corrected chi connectivity index (χ1v) is 5.70. The Morgan fingerprint density at radius 2 is 2.46 bits per heavy atom. The molecule has 2 aromatic rings. The fourth-order valence-corrected chi connectivity index (χ4v) is 2.69. The third-order valence-corrected chi connectivity index (χ3v) is 3.57. The largest absolute Gasteiger partial charge is 0.235 e. The summed E-state index contributed by atoms with van der Waals surface area (Å²) in [6.45, 7) is 3.68. The predicted octanol–water partition coefficient (Wildman–Crippen LogP) is 2.97. The molecule has 0 fully saturated rings. The molecule has 0 aliphatic carbocycles. The molecule has 0 spiro atoms. The molecular weight excluding hydrogens is 200 g/mol. The van der Waals surface area contributed by atoms with E-state index in [4.69, 9.17) is 0 Å². The van der Waals surface area contributed by atoms with Crippen LogP contribution in [0.25, 0.3) is 10.2 Å². The zero-order chi connectivity index (χ0) is 9.10. The standard InChI is InChI=1S/C9H8N2S2/c1-2-4-13-9-8-7(3-5-12-8)10-6-11-9/h2-3,5-6H,1,4H2. The molecule has 0 unspecified atom stereocenters. The summed E-state index contributed by atoms with van der Waals surface area (Å²) in [4.78, 5) is 8.40. The highest BCUT2D eigenvalue weighted by Gasteiger charge is 2.03. The quantitative estimate of drug-likeness (QED) is 0.440. The van der Waals surface area contributed by atoms with E-state index in [2.05, 4.69) is 16.5 Å². The lowest BCUT2D eigenvalue weighted by atomic mass is 10.5. The van der Waals surface area contributed by atoms with Crippen LogP contribution in [0.1, 0.15) is 0 Å². The second-order valence-electron chi connectivity index (χ2n) is 2.41. The van der Waals surface area contributed by atoms with E-state index in [9.17, 15) is 0 Å². The number of hydrogen-bond donors (Lipinski definition) is 0. The van der Waals surface area contributed by atoms with Crippen LogP contribution in [-0.4, -0.2) is 15.7 Å². The Hall–Kier alpha value is -0.870. The molecule has 2 heterocycles. The molecule has 0 saturated heterocycles. The van der Waals surface area contributed by atoms with Gasteiger partial charge in [0.15, 0.2) is 0 Å². The van der Waals surface area contributed by atoms with E-state index in [0.717, 1.165) is 16.3 Å². The lowest BCUT2D eigenvalue weighted by Gasteiger charge is -1.97. The summed E-state index contributed by atoms with van der Waals surface area (Å²) in [6.07, 6.45) is 3.49. The first kappa shape index (κ1) is 8.72. The van der Waals surface area contributed by atoms with Crippen molar-refractivity contribution in [2.75, 3.05) is 5.75 Å². The van der Waals surface area contributed by atoms with Crippen molar-refractivity contribution in [1.82, 2.24) is 9.97 Å². The smallest absolute Gasteiger partial charge is 0.118 e. The molecule has 0 atom stereocenters. The molecule has 0 amide bonds. The van der Waals surface area contributed by atoms with Gasteiger partial charge in [-0.05, 0) is 11.4 Å². The van der Waals surface area contributed by atoms with Crippen molar-refractivity contribution in [3.8, 4) is 0 Å². The van der Waals surface area contributed by atoms with Gasteiger partial charge in [0.2, 0.25) is 0 Å². The van der Waals surface area contributed by atoms with Crippen LogP contribution in [0.15, 0.2) is 35.5 Å². The van der Waals surface area contributed by atoms with Crippen LogP contribution < -0.4 is 0 Å². The van der Waals surface area contributed by atoms with E-state index < -0.39 is 0 Å². The van der Waals surface area contributed by atoms with Crippen molar-refractivity contribution in [3.05, 3.63) is 30.4 Å². The van der Waals surface area contributed by atoms with Crippen molar-refractivity contribution in [1.29, 1.82) is 0 Å². The molecule has 0 saturated carbocycles. The normalized spacial score (nSPS) is 10.5. The molecule has 0 aliphatic rings. The van der Waals surface area contributed by atoms with E-state index in [1.807, 2.05) is 17.5 Å². The average molecular weight is 208 g/mol. The van der Waals surface area contributed by atoms with Gasteiger partial charge in [0.25, 0.3) is 0 Å². The van der Waals surface area contributed by atoms with Gasteiger partial charge in [0, 0.05) is 5.75 Å². The number of fused-ring (bicyclic) bond motifs is 1. The SMILES string of the molecule is C=CCSc1ncnc2ccsc12. The molecular formula is C9H8N2S2. The molecule has 0 bridgehead atoms. The Morgan fingerprint density at radius 3 is 3.31 bits per heavy atom. The molecule has 13 heavy (non-hydrogen) atoms. The topological polar surface area (TPSA) is 25.8 Å². The van der Waals surface area contributed by atoms with E-state index in [1.165, 1.54) is 4.70 Å². The first-order valence-electron chi connectivity index (χ1n) is 3.83. The van der Waals surface area contributed by atoms with Gasteiger partial charge in [-0.3, -0.25) is 0 Å². The Bertz CT molecular complexity index is 422. The molecule has 66 valence electrons. The molecule has 0 N–H and O–H groups in total. The van der Waals surface area contributed by atoms with E-state index in [-0.39, 0.29) is 0 Å². The fourth-order valence-electron chi connectivity index (χ4n) is 1.01. The average Bonchev–Trinajstić information content (AvgIpc) is 2.62. The van der Waals surface area contributed by atoms with Crippen molar-refractivity contribution in [3.63, 3.8) is 0 Å². The van der Waals surface area contributed by atoms with Crippen molar-refractivity contribution in [2.24, 2.45) is 0 Å². The van der Waals surface area contributed by atoms with Crippen LogP contribution >= 0.6 is 23.1 Å². The van der Waals surface area contributed by atoms with Gasteiger partial charge in [-0.15, -0.1) is 29.7 Å². The van der Waals surface area contributed by atoms with Gasteiger partial charge in [-0.2, -0.15) is 0 Å². The zero-order valence-corrected chi connectivity index (χ0v) is 8.57. The highest BCUT2D eigenvalue weighted by atomic mass is 32.2. The van der Waals surface area contributed by atoms with Gasteiger partial charge in [0.05, 0.1) is 10.2 Å². The number of nitrogens with zero attached hydrogens (tertiary/aromatic N) is 2. The number of rotatable bonds is 3. The third kappa shape index (κ3) is 1.73. The molecule has 0 aromatic carbocycles.